The van der Waals surface area contributed by atoms with Crippen molar-refractivity contribution >= 4 is 27.9 Å². The van der Waals surface area contributed by atoms with Crippen molar-refractivity contribution in [2.24, 2.45) is 5.73 Å². The Balaban J connectivity index is 2.23. The molecule has 0 saturated carbocycles. The van der Waals surface area contributed by atoms with Gasteiger partial charge in [0.1, 0.15) is 6.20 Å². The number of nitrogens with two attached hydrogens (primary N) is 1. The Labute approximate surface area is 101 Å². The zero-order chi connectivity index (χ0) is 12.4. The second kappa shape index (κ2) is 4.68. The molecule has 92 valence electrons. The summed E-state index contributed by atoms with van der Waals surface area (Å²) in [7, 11) is 0. The highest BCUT2D eigenvalue weighted by atomic mass is 32.1. The largest absolute Gasteiger partial charge is 0.372 e. The Kier molecular flexibility index (Phi) is 3.25. The van der Waals surface area contributed by atoms with Crippen molar-refractivity contribution in [2.75, 3.05) is 11.9 Å². The van der Waals surface area contributed by atoms with Gasteiger partial charge in [-0.15, -0.1) is 0 Å². The van der Waals surface area contributed by atoms with E-state index in [1.54, 1.807) is 11.6 Å². The van der Waals surface area contributed by atoms with E-state index in [9.17, 15) is 10.1 Å². The summed E-state index contributed by atoms with van der Waals surface area (Å²) in [5.74, 6) is 0.286. The van der Waals surface area contributed by atoms with E-state index in [0.717, 1.165) is 6.42 Å². The molecule has 2 heterocycles. The van der Waals surface area contributed by atoms with E-state index in [1.165, 1.54) is 15.7 Å². The number of imidazole rings is 1. The average Bonchev–Trinajstić information content (AvgIpc) is 2.75. The van der Waals surface area contributed by atoms with Crippen LogP contribution in [0, 0.1) is 10.1 Å². The monoisotopic (exact) mass is 255 g/mol. The van der Waals surface area contributed by atoms with Crippen molar-refractivity contribution in [3.63, 3.8) is 0 Å². The lowest BCUT2D eigenvalue weighted by molar-refractivity contribution is -0.389. The summed E-state index contributed by atoms with van der Waals surface area (Å²) in [4.78, 5) is 15.3. The van der Waals surface area contributed by atoms with E-state index in [0.29, 0.717) is 17.3 Å². The zero-order valence-electron chi connectivity index (χ0n) is 9.29. The predicted octanol–water partition coefficient (Wildman–Crippen LogP) is 1.45. The van der Waals surface area contributed by atoms with E-state index in [1.807, 2.05) is 6.92 Å². The van der Waals surface area contributed by atoms with Gasteiger partial charge in [0, 0.05) is 18.0 Å². The SMILES string of the molecule is CC(N)CCNc1nc2sccn2c1[N+](=O)[O-]. The molecule has 7 nitrogen and oxygen atoms in total. The third kappa shape index (κ3) is 2.37. The molecule has 0 amide bonds. The average molecular weight is 255 g/mol. The Morgan fingerprint density at radius 1 is 1.76 bits per heavy atom. The molecule has 0 aliphatic carbocycles. The van der Waals surface area contributed by atoms with E-state index in [4.69, 9.17) is 5.73 Å². The van der Waals surface area contributed by atoms with Gasteiger partial charge in [-0.1, -0.05) is 11.3 Å². The minimum atomic E-state index is -0.430. The molecular formula is C9H13N5O2S. The number of nitro groups is 1. The molecule has 0 bridgehead atoms. The van der Waals surface area contributed by atoms with Gasteiger partial charge >= 0.3 is 5.82 Å². The zero-order valence-corrected chi connectivity index (χ0v) is 10.1. The first kappa shape index (κ1) is 11.8. The summed E-state index contributed by atoms with van der Waals surface area (Å²) in [5.41, 5.74) is 5.61. The lowest BCUT2D eigenvalue weighted by Crippen LogP contribution is -2.19. The predicted molar refractivity (Wildman–Crippen MR) is 66.5 cm³/mol. The van der Waals surface area contributed by atoms with Crippen LogP contribution >= 0.6 is 11.3 Å². The molecule has 8 heteroatoms. The van der Waals surface area contributed by atoms with Crippen molar-refractivity contribution in [1.82, 2.24) is 9.38 Å². The highest BCUT2D eigenvalue weighted by molar-refractivity contribution is 7.15. The molecule has 0 aliphatic heterocycles. The molecule has 3 N–H and O–H groups in total. The van der Waals surface area contributed by atoms with E-state index >= 15 is 0 Å². The van der Waals surface area contributed by atoms with Crippen molar-refractivity contribution < 1.29 is 4.92 Å². The summed E-state index contributed by atoms with van der Waals surface area (Å²) < 4.78 is 1.47. The smallest absolute Gasteiger partial charge is 0.363 e. The number of aromatic nitrogens is 2. The second-order valence-electron chi connectivity index (χ2n) is 3.79. The second-order valence-corrected chi connectivity index (χ2v) is 4.66. The van der Waals surface area contributed by atoms with Gasteiger partial charge in [0.25, 0.3) is 4.96 Å². The molecule has 0 aromatic carbocycles. The van der Waals surface area contributed by atoms with Crippen LogP contribution in [-0.2, 0) is 0 Å². The van der Waals surface area contributed by atoms with Gasteiger partial charge in [-0.05, 0) is 18.3 Å². The number of nitrogens with one attached hydrogen (secondary N) is 1. The maximum Gasteiger partial charge on any atom is 0.372 e. The third-order valence-corrected chi connectivity index (χ3v) is 3.06. The highest BCUT2D eigenvalue weighted by Crippen LogP contribution is 2.27. The molecule has 1 unspecified atom stereocenters. The number of hydrogen-bond acceptors (Lipinski definition) is 6. The van der Waals surface area contributed by atoms with Crippen LogP contribution in [0.4, 0.5) is 11.6 Å². The molecule has 0 radical (unpaired) electrons. The fourth-order valence-corrected chi connectivity index (χ4v) is 2.19. The van der Waals surface area contributed by atoms with Gasteiger partial charge in [-0.25, -0.2) is 0 Å². The van der Waals surface area contributed by atoms with Crippen LogP contribution in [0.2, 0.25) is 0 Å². The highest BCUT2D eigenvalue weighted by Gasteiger charge is 2.22. The summed E-state index contributed by atoms with van der Waals surface area (Å²) in [5, 5.41) is 15.7. The summed E-state index contributed by atoms with van der Waals surface area (Å²) >= 11 is 1.36. The van der Waals surface area contributed by atoms with Gasteiger partial charge in [0.15, 0.2) is 0 Å². The van der Waals surface area contributed by atoms with Crippen LogP contribution in [0.25, 0.3) is 4.96 Å². The standard InChI is InChI=1S/C9H13N5O2S/c1-6(10)2-3-11-7-8(14(15)16)13-4-5-17-9(13)12-7/h4-6,11H,2-3,10H2,1H3. The molecular weight excluding hydrogens is 242 g/mol. The van der Waals surface area contributed by atoms with Crippen molar-refractivity contribution in [2.45, 2.75) is 19.4 Å². The third-order valence-electron chi connectivity index (χ3n) is 2.30. The first-order chi connectivity index (χ1) is 8.09. The van der Waals surface area contributed by atoms with Crippen LogP contribution in [0.15, 0.2) is 11.6 Å². The minimum absolute atomic E-state index is 0.0223. The fourth-order valence-electron chi connectivity index (χ4n) is 1.49. The molecule has 0 spiro atoms. The van der Waals surface area contributed by atoms with Crippen molar-refractivity contribution in [3.8, 4) is 0 Å². The maximum atomic E-state index is 11.0. The normalized spacial score (nSPS) is 12.8. The number of hydrogen-bond donors (Lipinski definition) is 2. The number of nitrogens with zero attached hydrogens (tertiary/aromatic N) is 3. The molecule has 0 saturated heterocycles. The van der Waals surface area contributed by atoms with E-state index in [-0.39, 0.29) is 11.9 Å². The van der Waals surface area contributed by atoms with E-state index in [2.05, 4.69) is 10.3 Å². The van der Waals surface area contributed by atoms with Crippen LogP contribution in [0.3, 0.4) is 0 Å². The van der Waals surface area contributed by atoms with Gasteiger partial charge in [-0.3, -0.25) is 0 Å². The number of anilines is 1. The first-order valence-electron chi connectivity index (χ1n) is 5.19. The van der Waals surface area contributed by atoms with Gasteiger partial charge < -0.3 is 21.2 Å². The minimum Gasteiger partial charge on any atom is -0.363 e. The molecule has 1 atom stereocenters. The lowest BCUT2D eigenvalue weighted by Gasteiger charge is -2.05. The summed E-state index contributed by atoms with van der Waals surface area (Å²) in [6.45, 7) is 2.46. The van der Waals surface area contributed by atoms with Gasteiger partial charge in [0.2, 0.25) is 5.82 Å². The van der Waals surface area contributed by atoms with Gasteiger partial charge in [-0.2, -0.15) is 9.38 Å². The Morgan fingerprint density at radius 2 is 2.53 bits per heavy atom. The molecule has 0 fully saturated rings. The number of rotatable bonds is 5. The van der Waals surface area contributed by atoms with Gasteiger partial charge in [0.05, 0.1) is 0 Å². The van der Waals surface area contributed by atoms with Crippen molar-refractivity contribution in [3.05, 3.63) is 21.7 Å². The quantitative estimate of drug-likeness (QED) is 0.622. The number of fused-ring (bicyclic) bond motifs is 1. The molecule has 17 heavy (non-hydrogen) atoms. The Morgan fingerprint density at radius 3 is 3.18 bits per heavy atom. The summed E-state index contributed by atoms with van der Waals surface area (Å²) in [6.07, 6.45) is 2.38. The Hall–Kier alpha value is -1.67. The van der Waals surface area contributed by atoms with E-state index < -0.39 is 4.92 Å². The Bertz CT molecular complexity index is 532. The maximum absolute atomic E-state index is 11.0. The molecule has 2 aromatic heterocycles. The molecule has 2 rings (SSSR count). The first-order valence-corrected chi connectivity index (χ1v) is 6.07. The lowest BCUT2D eigenvalue weighted by atomic mass is 10.2. The number of thiazole rings is 1. The molecule has 0 aliphatic rings. The van der Waals surface area contributed by atoms with Crippen LogP contribution in [0.1, 0.15) is 13.3 Å². The van der Waals surface area contributed by atoms with Crippen LogP contribution in [-0.4, -0.2) is 26.9 Å². The van der Waals surface area contributed by atoms with Crippen LogP contribution in [0.5, 0.6) is 0 Å². The fraction of sp³-hybridized carbons (Fsp3) is 0.444. The van der Waals surface area contributed by atoms with Crippen LogP contribution < -0.4 is 11.1 Å². The summed E-state index contributed by atoms with van der Waals surface area (Å²) in [6, 6.07) is 0.0605. The topological polar surface area (TPSA) is 98.5 Å². The molecule has 2 aromatic rings. The van der Waals surface area contributed by atoms with Crippen molar-refractivity contribution in [1.29, 1.82) is 0 Å².